The van der Waals surface area contributed by atoms with Crippen molar-refractivity contribution in [2.24, 2.45) is 7.05 Å². The van der Waals surface area contributed by atoms with Crippen LogP contribution in [0.15, 0.2) is 59.6 Å². The molecule has 3 aromatic rings. The molecule has 0 spiro atoms. The first-order valence-electron chi connectivity index (χ1n) is 7.36. The third kappa shape index (κ3) is 2.97. The van der Waals surface area contributed by atoms with Crippen molar-refractivity contribution in [3.63, 3.8) is 0 Å². The van der Waals surface area contributed by atoms with Crippen molar-refractivity contribution in [2.45, 2.75) is 11.1 Å². The Morgan fingerprint density at radius 2 is 1.68 bits per heavy atom. The molecule has 0 radical (unpaired) electrons. The van der Waals surface area contributed by atoms with Gasteiger partial charge in [0, 0.05) is 31.2 Å². The zero-order valence-corrected chi connectivity index (χ0v) is 14.4. The fourth-order valence-electron chi connectivity index (χ4n) is 2.70. The summed E-state index contributed by atoms with van der Waals surface area (Å²) in [5.74, 6) is 0. The van der Waals surface area contributed by atoms with E-state index in [4.69, 9.17) is 4.78 Å². The van der Waals surface area contributed by atoms with Crippen LogP contribution in [0.4, 0.5) is 18.9 Å². The standard InChI is InChI=1S/C17H16F3N3OS/c1-22-11-16(14-5-3-4-6-15(14)22)23(2)25(21,24)13-9-7-12(8-10-13)17(18,19)20/h3-11,21H,1-2H3. The van der Waals surface area contributed by atoms with E-state index in [1.807, 2.05) is 35.9 Å². The molecule has 8 heteroatoms. The highest BCUT2D eigenvalue weighted by Crippen LogP contribution is 2.33. The monoisotopic (exact) mass is 367 g/mol. The Morgan fingerprint density at radius 1 is 1.08 bits per heavy atom. The molecule has 1 N–H and O–H groups in total. The first kappa shape index (κ1) is 17.3. The number of rotatable bonds is 3. The molecular weight excluding hydrogens is 351 g/mol. The summed E-state index contributed by atoms with van der Waals surface area (Å²) in [5, 5.41) is 0.819. The van der Waals surface area contributed by atoms with Crippen LogP contribution >= 0.6 is 0 Å². The van der Waals surface area contributed by atoms with Crippen molar-refractivity contribution in [3.8, 4) is 0 Å². The lowest BCUT2D eigenvalue weighted by molar-refractivity contribution is -0.137. The van der Waals surface area contributed by atoms with Crippen molar-refractivity contribution in [2.75, 3.05) is 11.4 Å². The number of halogens is 3. The molecule has 3 rings (SSSR count). The van der Waals surface area contributed by atoms with E-state index >= 15 is 0 Å². The van der Waals surface area contributed by atoms with E-state index < -0.39 is 21.7 Å². The van der Waals surface area contributed by atoms with Crippen LogP contribution in [0.2, 0.25) is 0 Å². The number of aromatic nitrogens is 1. The van der Waals surface area contributed by atoms with E-state index in [0.29, 0.717) is 5.69 Å². The van der Waals surface area contributed by atoms with E-state index in [0.717, 1.165) is 35.2 Å². The summed E-state index contributed by atoms with van der Waals surface area (Å²) in [6, 6.07) is 11.4. The van der Waals surface area contributed by atoms with Gasteiger partial charge in [0.1, 0.15) is 0 Å². The number of hydrogen-bond acceptors (Lipinski definition) is 2. The number of nitrogens with zero attached hydrogens (tertiary/aromatic N) is 2. The van der Waals surface area contributed by atoms with E-state index in [1.165, 1.54) is 11.4 Å². The van der Waals surface area contributed by atoms with E-state index in [2.05, 4.69) is 0 Å². The average molecular weight is 367 g/mol. The van der Waals surface area contributed by atoms with E-state index in [-0.39, 0.29) is 4.90 Å². The van der Waals surface area contributed by atoms with Gasteiger partial charge in [-0.1, -0.05) is 18.2 Å². The zero-order chi connectivity index (χ0) is 18.4. The summed E-state index contributed by atoms with van der Waals surface area (Å²) in [7, 11) is -0.134. The molecule has 0 saturated carbocycles. The van der Waals surface area contributed by atoms with Crippen LogP contribution in [0, 0.1) is 4.78 Å². The molecule has 4 nitrogen and oxygen atoms in total. The second-order valence-electron chi connectivity index (χ2n) is 5.69. The van der Waals surface area contributed by atoms with Gasteiger partial charge in [-0.05, 0) is 30.3 Å². The maximum Gasteiger partial charge on any atom is 0.416 e. The highest BCUT2D eigenvalue weighted by atomic mass is 32.2. The number of aryl methyl sites for hydroxylation is 1. The largest absolute Gasteiger partial charge is 0.416 e. The maximum absolute atomic E-state index is 13.0. The second kappa shape index (κ2) is 5.80. The summed E-state index contributed by atoms with van der Waals surface area (Å²) in [4.78, 5) is 0.0240. The molecule has 132 valence electrons. The minimum absolute atomic E-state index is 0.0240. The Hall–Kier alpha value is -2.48. The van der Waals surface area contributed by atoms with E-state index in [1.54, 1.807) is 6.20 Å². The minimum Gasteiger partial charge on any atom is -0.348 e. The van der Waals surface area contributed by atoms with Crippen LogP contribution in [0.5, 0.6) is 0 Å². The number of para-hydroxylation sites is 1. The van der Waals surface area contributed by atoms with Crippen molar-refractivity contribution in [1.82, 2.24) is 4.57 Å². The molecule has 2 aromatic carbocycles. The first-order valence-corrected chi connectivity index (χ1v) is 8.88. The van der Waals surface area contributed by atoms with Crippen LogP contribution in [0.3, 0.4) is 0 Å². The van der Waals surface area contributed by atoms with Crippen molar-refractivity contribution >= 4 is 26.5 Å². The van der Waals surface area contributed by atoms with Gasteiger partial charge in [-0.3, -0.25) is 4.31 Å². The molecule has 0 aliphatic heterocycles. The van der Waals surface area contributed by atoms with Gasteiger partial charge in [0.15, 0.2) is 9.92 Å². The van der Waals surface area contributed by atoms with Gasteiger partial charge in [0.05, 0.1) is 16.1 Å². The summed E-state index contributed by atoms with van der Waals surface area (Å²) in [6.07, 6.45) is -2.72. The maximum atomic E-state index is 13.0. The molecule has 1 heterocycles. The Balaban J connectivity index is 2.04. The number of nitrogens with one attached hydrogen (secondary N) is 1. The highest BCUT2D eigenvalue weighted by Gasteiger charge is 2.31. The average Bonchev–Trinajstić information content (AvgIpc) is 2.91. The Bertz CT molecular complexity index is 1020. The molecule has 1 atom stereocenters. The fraction of sp³-hybridized carbons (Fsp3) is 0.176. The van der Waals surface area contributed by atoms with Crippen molar-refractivity contribution < 1.29 is 17.4 Å². The molecule has 0 aliphatic rings. The third-order valence-electron chi connectivity index (χ3n) is 4.10. The number of alkyl halides is 3. The smallest absolute Gasteiger partial charge is 0.348 e. The van der Waals surface area contributed by atoms with Crippen LogP contribution < -0.4 is 4.31 Å². The van der Waals surface area contributed by atoms with Crippen molar-refractivity contribution in [3.05, 3.63) is 60.3 Å². The minimum atomic E-state index is -4.47. The van der Waals surface area contributed by atoms with Gasteiger partial charge < -0.3 is 4.57 Å². The number of fused-ring (bicyclic) bond motifs is 1. The Kier molecular flexibility index (Phi) is 4.03. The quantitative estimate of drug-likeness (QED) is 0.719. The van der Waals surface area contributed by atoms with Gasteiger partial charge in [-0.2, -0.15) is 13.2 Å². The second-order valence-corrected chi connectivity index (χ2v) is 7.76. The predicted molar refractivity (Wildman–Crippen MR) is 91.9 cm³/mol. The summed E-state index contributed by atoms with van der Waals surface area (Å²) in [5.41, 5.74) is 0.657. The molecule has 1 unspecified atom stereocenters. The van der Waals surface area contributed by atoms with Crippen LogP contribution in [0.1, 0.15) is 5.56 Å². The zero-order valence-electron chi connectivity index (χ0n) is 13.5. The summed E-state index contributed by atoms with van der Waals surface area (Å²) < 4.78 is 62.5. The van der Waals surface area contributed by atoms with Gasteiger partial charge >= 0.3 is 6.18 Å². The molecule has 0 fully saturated rings. The lowest BCUT2D eigenvalue weighted by Gasteiger charge is -2.22. The van der Waals surface area contributed by atoms with Gasteiger partial charge in [0.25, 0.3) is 0 Å². The normalized spacial score (nSPS) is 14.4. The van der Waals surface area contributed by atoms with Gasteiger partial charge in [-0.25, -0.2) is 8.99 Å². The van der Waals surface area contributed by atoms with Gasteiger partial charge in [0.2, 0.25) is 0 Å². The SMILES string of the molecule is CN(c1cn(C)c2ccccc12)S(=N)(=O)c1ccc(C(F)(F)F)cc1. The van der Waals surface area contributed by atoms with Crippen LogP contribution in [-0.4, -0.2) is 15.8 Å². The first-order chi connectivity index (χ1) is 11.6. The number of anilines is 1. The molecule has 1 aromatic heterocycles. The topological polar surface area (TPSA) is 49.1 Å². The fourth-order valence-corrected chi connectivity index (χ4v) is 3.94. The molecule has 0 saturated heterocycles. The lowest BCUT2D eigenvalue weighted by atomic mass is 10.2. The lowest BCUT2D eigenvalue weighted by Crippen LogP contribution is -2.25. The van der Waals surface area contributed by atoms with Crippen molar-refractivity contribution in [1.29, 1.82) is 4.78 Å². The Morgan fingerprint density at radius 3 is 2.28 bits per heavy atom. The molecule has 25 heavy (non-hydrogen) atoms. The van der Waals surface area contributed by atoms with E-state index in [9.17, 15) is 17.4 Å². The Labute approximate surface area is 143 Å². The van der Waals surface area contributed by atoms with Gasteiger partial charge in [-0.15, -0.1) is 0 Å². The number of benzene rings is 2. The molecule has 0 bridgehead atoms. The molecule has 0 aliphatic carbocycles. The molecule has 0 amide bonds. The molecular formula is C17H16F3N3OS. The summed E-state index contributed by atoms with van der Waals surface area (Å²) >= 11 is 0. The highest BCUT2D eigenvalue weighted by molar-refractivity contribution is 7.93. The summed E-state index contributed by atoms with van der Waals surface area (Å²) in [6.45, 7) is 0. The third-order valence-corrected chi connectivity index (χ3v) is 5.98. The van der Waals surface area contributed by atoms with Crippen LogP contribution in [0.25, 0.3) is 10.9 Å². The van der Waals surface area contributed by atoms with Crippen LogP contribution in [-0.2, 0) is 23.1 Å². The number of hydrogen-bond donors (Lipinski definition) is 1. The predicted octanol–water partition coefficient (Wildman–Crippen LogP) is 4.65.